The Labute approximate surface area is 392 Å². The van der Waals surface area contributed by atoms with E-state index in [1.165, 1.54) is 199 Å². The van der Waals surface area contributed by atoms with Gasteiger partial charge in [-0.05, 0) is 64.2 Å². The fourth-order valence-electron chi connectivity index (χ4n) is 8.37. The highest BCUT2D eigenvalue weighted by Gasteiger charge is 2.18. The van der Waals surface area contributed by atoms with Crippen molar-refractivity contribution in [3.05, 3.63) is 36.5 Å². The Bertz CT molecular complexity index is 1020. The summed E-state index contributed by atoms with van der Waals surface area (Å²) in [6.45, 7) is 4.86. The maximum Gasteiger partial charge on any atom is 0.305 e. The molecule has 0 saturated heterocycles. The number of esters is 1. The van der Waals surface area contributed by atoms with Gasteiger partial charge in [-0.3, -0.25) is 9.59 Å². The molecule has 0 aliphatic rings. The predicted molar refractivity (Wildman–Crippen MR) is 273 cm³/mol. The summed E-state index contributed by atoms with van der Waals surface area (Å²) in [5, 5.41) is 23.1. The number of aliphatic hydroxyl groups excluding tert-OH is 2. The maximum absolute atomic E-state index is 12.4. The molecule has 0 aromatic carbocycles. The lowest BCUT2D eigenvalue weighted by molar-refractivity contribution is -0.143. The van der Waals surface area contributed by atoms with Crippen LogP contribution in [0.25, 0.3) is 0 Å². The van der Waals surface area contributed by atoms with Crippen LogP contribution in [0.5, 0.6) is 0 Å². The number of unbranched alkanes of at least 4 members (excludes halogenated alkanes) is 36. The summed E-state index contributed by atoms with van der Waals surface area (Å²) < 4.78 is 5.46. The van der Waals surface area contributed by atoms with Crippen LogP contribution in [0.4, 0.5) is 0 Å². The zero-order chi connectivity index (χ0) is 45.8. The Hall–Kier alpha value is -1.92. The number of ether oxygens (including phenoxy) is 1. The first-order valence-corrected chi connectivity index (χ1v) is 27.8. The molecule has 6 heteroatoms. The average molecular weight is 886 g/mol. The number of aliphatic hydroxyl groups is 2. The van der Waals surface area contributed by atoms with Crippen molar-refractivity contribution in [2.45, 2.75) is 302 Å². The highest BCUT2D eigenvalue weighted by molar-refractivity contribution is 5.76. The van der Waals surface area contributed by atoms with Gasteiger partial charge in [-0.25, -0.2) is 0 Å². The number of hydrogen-bond acceptors (Lipinski definition) is 5. The standard InChI is InChI=1S/C57H107NO5/c1-3-5-7-9-11-13-15-17-19-22-25-29-33-37-41-45-49-55(60)54(53-59)58-56(61)50-46-42-38-34-30-26-23-20-24-28-32-36-40-44-48-52-63-57(62)51-47-43-39-35-31-27-21-18-16-14-12-10-8-6-4-2/h12,14,18,21,45,49,54-55,59-60H,3-11,13,15-17,19-20,22-44,46-48,50-53H2,1-2H3,(H,58,61)/b14-12-,21-18-,49-45+. The summed E-state index contributed by atoms with van der Waals surface area (Å²) in [4.78, 5) is 24.5. The second-order valence-corrected chi connectivity index (χ2v) is 18.9. The number of carbonyl (C=O) groups is 2. The first-order chi connectivity index (χ1) is 31.0. The third-order valence-electron chi connectivity index (χ3n) is 12.7. The molecule has 2 unspecified atom stereocenters. The van der Waals surface area contributed by atoms with Crippen LogP contribution in [0.15, 0.2) is 36.5 Å². The normalized spacial score (nSPS) is 12.9. The summed E-state index contributed by atoms with van der Waals surface area (Å²) in [5.74, 6) is -0.0911. The summed E-state index contributed by atoms with van der Waals surface area (Å²) in [7, 11) is 0. The van der Waals surface area contributed by atoms with Crippen molar-refractivity contribution in [1.82, 2.24) is 5.32 Å². The number of allylic oxidation sites excluding steroid dienone is 5. The van der Waals surface area contributed by atoms with Crippen molar-refractivity contribution in [2.24, 2.45) is 0 Å². The molecule has 3 N–H and O–H groups in total. The zero-order valence-electron chi connectivity index (χ0n) is 42.1. The Balaban J connectivity index is 3.48. The van der Waals surface area contributed by atoms with E-state index in [1.54, 1.807) is 6.08 Å². The number of hydrogen-bond donors (Lipinski definition) is 3. The minimum absolute atomic E-state index is 0.0147. The van der Waals surface area contributed by atoms with Crippen molar-refractivity contribution in [3.8, 4) is 0 Å². The Morgan fingerprint density at radius 1 is 0.444 bits per heavy atom. The zero-order valence-corrected chi connectivity index (χ0v) is 42.1. The van der Waals surface area contributed by atoms with Crippen LogP contribution < -0.4 is 5.32 Å². The molecule has 0 saturated carbocycles. The van der Waals surface area contributed by atoms with Crippen LogP contribution in [0.2, 0.25) is 0 Å². The van der Waals surface area contributed by atoms with Gasteiger partial charge >= 0.3 is 5.97 Å². The van der Waals surface area contributed by atoms with Gasteiger partial charge in [0.2, 0.25) is 5.91 Å². The van der Waals surface area contributed by atoms with Crippen molar-refractivity contribution < 1.29 is 24.5 Å². The quantitative estimate of drug-likeness (QED) is 0.0321. The summed E-state index contributed by atoms with van der Waals surface area (Å²) in [5.41, 5.74) is 0. The molecule has 0 aliphatic heterocycles. The van der Waals surface area contributed by atoms with E-state index in [2.05, 4.69) is 43.5 Å². The van der Waals surface area contributed by atoms with E-state index < -0.39 is 12.1 Å². The Kier molecular flexibility index (Phi) is 51.1. The van der Waals surface area contributed by atoms with Crippen molar-refractivity contribution in [2.75, 3.05) is 13.2 Å². The minimum Gasteiger partial charge on any atom is -0.466 e. The van der Waals surface area contributed by atoms with E-state index in [0.717, 1.165) is 64.2 Å². The van der Waals surface area contributed by atoms with Gasteiger partial charge in [-0.2, -0.15) is 0 Å². The van der Waals surface area contributed by atoms with E-state index in [1.807, 2.05) is 6.08 Å². The van der Waals surface area contributed by atoms with Gasteiger partial charge in [0.25, 0.3) is 0 Å². The largest absolute Gasteiger partial charge is 0.466 e. The summed E-state index contributed by atoms with van der Waals surface area (Å²) in [6, 6.07) is -0.635. The topological polar surface area (TPSA) is 95.9 Å². The van der Waals surface area contributed by atoms with Crippen molar-refractivity contribution >= 4 is 11.9 Å². The molecular formula is C57H107NO5. The smallest absolute Gasteiger partial charge is 0.305 e. The van der Waals surface area contributed by atoms with Gasteiger partial charge < -0.3 is 20.3 Å². The SMILES string of the molecule is CCCCC/C=C\C/C=C\CCCCCCCC(=O)OCCCCCCCCCCCCCCCCCC(=O)NC(CO)C(O)/C=C/CCCCCCCCCCCCCCCC. The molecule has 1 amide bonds. The van der Waals surface area contributed by atoms with Gasteiger partial charge in [0, 0.05) is 12.8 Å². The van der Waals surface area contributed by atoms with E-state index in [-0.39, 0.29) is 18.5 Å². The number of rotatable bonds is 51. The number of carbonyl (C=O) groups excluding carboxylic acids is 2. The lowest BCUT2D eigenvalue weighted by Gasteiger charge is -2.20. The molecule has 0 spiro atoms. The van der Waals surface area contributed by atoms with Crippen LogP contribution in [-0.4, -0.2) is 47.4 Å². The highest BCUT2D eigenvalue weighted by Crippen LogP contribution is 2.16. The lowest BCUT2D eigenvalue weighted by Crippen LogP contribution is -2.45. The molecule has 0 aliphatic carbocycles. The third-order valence-corrected chi connectivity index (χ3v) is 12.7. The van der Waals surface area contributed by atoms with Crippen LogP contribution in [0.1, 0.15) is 290 Å². The number of nitrogens with one attached hydrogen (secondary N) is 1. The summed E-state index contributed by atoms with van der Waals surface area (Å²) >= 11 is 0. The fourth-order valence-corrected chi connectivity index (χ4v) is 8.37. The van der Waals surface area contributed by atoms with Gasteiger partial charge in [0.1, 0.15) is 0 Å². The van der Waals surface area contributed by atoms with E-state index in [4.69, 9.17) is 4.74 Å². The van der Waals surface area contributed by atoms with E-state index in [9.17, 15) is 19.8 Å². The summed E-state index contributed by atoms with van der Waals surface area (Å²) in [6.07, 6.45) is 64.3. The molecule has 0 fully saturated rings. The molecule has 6 nitrogen and oxygen atoms in total. The second kappa shape index (κ2) is 52.7. The van der Waals surface area contributed by atoms with Gasteiger partial charge in [0.15, 0.2) is 0 Å². The van der Waals surface area contributed by atoms with Gasteiger partial charge in [-0.15, -0.1) is 0 Å². The molecule has 63 heavy (non-hydrogen) atoms. The third kappa shape index (κ3) is 49.4. The lowest BCUT2D eigenvalue weighted by atomic mass is 10.0. The molecule has 0 heterocycles. The predicted octanol–water partition coefficient (Wildman–Crippen LogP) is 16.9. The van der Waals surface area contributed by atoms with Gasteiger partial charge in [-0.1, -0.05) is 249 Å². The first-order valence-electron chi connectivity index (χ1n) is 27.8. The Morgan fingerprint density at radius 3 is 1.24 bits per heavy atom. The highest BCUT2D eigenvalue weighted by atomic mass is 16.5. The van der Waals surface area contributed by atoms with Crippen molar-refractivity contribution in [3.63, 3.8) is 0 Å². The van der Waals surface area contributed by atoms with E-state index in [0.29, 0.717) is 19.4 Å². The van der Waals surface area contributed by atoms with Crippen LogP contribution >= 0.6 is 0 Å². The maximum atomic E-state index is 12.4. The van der Waals surface area contributed by atoms with Gasteiger partial charge in [0.05, 0.1) is 25.4 Å². The molecule has 0 aromatic heterocycles. The minimum atomic E-state index is -0.851. The van der Waals surface area contributed by atoms with E-state index >= 15 is 0 Å². The van der Waals surface area contributed by atoms with Crippen LogP contribution in [-0.2, 0) is 14.3 Å². The van der Waals surface area contributed by atoms with Crippen molar-refractivity contribution in [1.29, 1.82) is 0 Å². The molecular weight excluding hydrogens is 779 g/mol. The average Bonchev–Trinajstić information content (AvgIpc) is 3.28. The molecule has 2 atom stereocenters. The molecule has 370 valence electrons. The second-order valence-electron chi connectivity index (χ2n) is 18.9. The molecule has 0 aromatic rings. The Morgan fingerprint density at radius 2 is 0.794 bits per heavy atom. The van der Waals surface area contributed by atoms with Crippen LogP contribution in [0, 0.1) is 0 Å². The monoisotopic (exact) mass is 886 g/mol. The molecule has 0 rings (SSSR count). The fraction of sp³-hybridized carbons (Fsp3) is 0.860. The number of amides is 1. The molecule has 0 radical (unpaired) electrons. The van der Waals surface area contributed by atoms with Crippen LogP contribution in [0.3, 0.4) is 0 Å². The molecule has 0 bridgehead atoms. The first kappa shape index (κ1) is 61.1.